The lowest BCUT2D eigenvalue weighted by atomic mass is 10.1. The van der Waals surface area contributed by atoms with Crippen molar-refractivity contribution in [1.82, 2.24) is 14.8 Å². The molecule has 1 aromatic heterocycles. The van der Waals surface area contributed by atoms with Gasteiger partial charge in [-0.1, -0.05) is 6.07 Å². The summed E-state index contributed by atoms with van der Waals surface area (Å²) in [4.78, 5) is 19.9. The predicted molar refractivity (Wildman–Crippen MR) is 65.1 cm³/mol. The van der Waals surface area contributed by atoms with Crippen molar-refractivity contribution >= 4 is 5.91 Å². The maximum absolute atomic E-state index is 11.9. The second kappa shape index (κ2) is 5.25. The van der Waals surface area contributed by atoms with E-state index in [0.29, 0.717) is 6.54 Å². The highest BCUT2D eigenvalue weighted by Gasteiger charge is 2.31. The molecule has 2 N–H and O–H groups in total. The van der Waals surface area contributed by atoms with Crippen LogP contribution in [-0.4, -0.2) is 53.4 Å². The van der Waals surface area contributed by atoms with Crippen LogP contribution < -0.4 is 5.73 Å². The van der Waals surface area contributed by atoms with E-state index in [4.69, 9.17) is 5.73 Å². The molecular weight excluding hydrogens is 216 g/mol. The Morgan fingerprint density at radius 2 is 2.35 bits per heavy atom. The Kier molecular flexibility index (Phi) is 3.71. The van der Waals surface area contributed by atoms with Gasteiger partial charge in [0.05, 0.1) is 0 Å². The molecule has 0 aromatic carbocycles. The van der Waals surface area contributed by atoms with Gasteiger partial charge in [0.1, 0.15) is 6.04 Å². The van der Waals surface area contributed by atoms with E-state index in [1.54, 1.807) is 11.1 Å². The van der Waals surface area contributed by atoms with Crippen LogP contribution in [0.15, 0.2) is 24.5 Å². The number of hydrogen-bond acceptors (Lipinski definition) is 4. The van der Waals surface area contributed by atoms with Gasteiger partial charge in [-0.05, 0) is 11.6 Å². The maximum Gasteiger partial charge on any atom is 0.241 e. The van der Waals surface area contributed by atoms with E-state index in [-0.39, 0.29) is 11.9 Å². The molecule has 92 valence electrons. The minimum absolute atomic E-state index is 0.114. The van der Waals surface area contributed by atoms with Crippen molar-refractivity contribution in [1.29, 1.82) is 0 Å². The SMILES string of the molecule is CN1CCN(Cc2cccnc2)C(CN)C1=O. The van der Waals surface area contributed by atoms with Crippen LogP contribution in [0.3, 0.4) is 0 Å². The van der Waals surface area contributed by atoms with E-state index in [1.165, 1.54) is 0 Å². The summed E-state index contributed by atoms with van der Waals surface area (Å²) in [7, 11) is 1.83. The first-order chi connectivity index (χ1) is 8.22. The van der Waals surface area contributed by atoms with E-state index >= 15 is 0 Å². The Morgan fingerprint density at radius 3 is 3.00 bits per heavy atom. The third-order valence-electron chi connectivity index (χ3n) is 3.16. The van der Waals surface area contributed by atoms with Crippen LogP contribution in [0.2, 0.25) is 0 Å². The topological polar surface area (TPSA) is 62.5 Å². The average Bonchev–Trinajstić information content (AvgIpc) is 2.36. The third-order valence-corrected chi connectivity index (χ3v) is 3.16. The maximum atomic E-state index is 11.9. The number of aromatic nitrogens is 1. The summed E-state index contributed by atoms with van der Waals surface area (Å²) in [5.74, 6) is 0.114. The summed E-state index contributed by atoms with van der Waals surface area (Å²) in [5.41, 5.74) is 6.81. The largest absolute Gasteiger partial charge is 0.343 e. The van der Waals surface area contributed by atoms with Gasteiger partial charge in [0.15, 0.2) is 0 Å². The molecule has 1 aliphatic heterocycles. The number of pyridine rings is 1. The van der Waals surface area contributed by atoms with Crippen LogP contribution in [0.25, 0.3) is 0 Å². The van der Waals surface area contributed by atoms with Crippen molar-refractivity contribution < 1.29 is 4.79 Å². The van der Waals surface area contributed by atoms with Gasteiger partial charge in [-0.25, -0.2) is 0 Å². The Balaban J connectivity index is 2.07. The standard InChI is InChI=1S/C12H18N4O/c1-15-5-6-16(11(7-13)12(15)17)9-10-3-2-4-14-8-10/h2-4,8,11H,5-7,9,13H2,1H3. The first-order valence-electron chi connectivity index (χ1n) is 5.80. The lowest BCUT2D eigenvalue weighted by Gasteiger charge is -2.38. The summed E-state index contributed by atoms with van der Waals surface area (Å²) in [6.07, 6.45) is 3.58. The Hall–Kier alpha value is -1.46. The number of amides is 1. The molecule has 5 heteroatoms. The molecular formula is C12H18N4O. The molecule has 0 bridgehead atoms. The predicted octanol–water partition coefficient (Wildman–Crippen LogP) is -0.317. The van der Waals surface area contributed by atoms with Gasteiger partial charge in [0.2, 0.25) is 5.91 Å². The molecule has 5 nitrogen and oxygen atoms in total. The minimum Gasteiger partial charge on any atom is -0.343 e. The molecule has 1 aromatic rings. The Labute approximate surface area is 101 Å². The van der Waals surface area contributed by atoms with Crippen LogP contribution in [-0.2, 0) is 11.3 Å². The third kappa shape index (κ3) is 2.62. The highest BCUT2D eigenvalue weighted by atomic mass is 16.2. The van der Waals surface area contributed by atoms with Crippen LogP contribution in [0.1, 0.15) is 5.56 Å². The summed E-state index contributed by atoms with van der Waals surface area (Å²) in [6, 6.07) is 3.72. The second-order valence-corrected chi connectivity index (χ2v) is 4.34. The van der Waals surface area contributed by atoms with E-state index in [1.807, 2.05) is 25.4 Å². The van der Waals surface area contributed by atoms with Crippen LogP contribution in [0.5, 0.6) is 0 Å². The smallest absolute Gasteiger partial charge is 0.241 e. The molecule has 0 radical (unpaired) electrons. The highest BCUT2D eigenvalue weighted by molar-refractivity contribution is 5.82. The van der Waals surface area contributed by atoms with Crippen LogP contribution in [0.4, 0.5) is 0 Å². The number of carbonyl (C=O) groups is 1. The normalized spacial score (nSPS) is 21.9. The molecule has 1 atom stereocenters. The number of nitrogens with two attached hydrogens (primary N) is 1. The molecule has 1 fully saturated rings. The lowest BCUT2D eigenvalue weighted by Crippen LogP contribution is -2.57. The van der Waals surface area contributed by atoms with Crippen molar-refractivity contribution in [3.8, 4) is 0 Å². The number of rotatable bonds is 3. The van der Waals surface area contributed by atoms with E-state index in [2.05, 4.69) is 9.88 Å². The molecule has 0 saturated carbocycles. The van der Waals surface area contributed by atoms with Gasteiger partial charge < -0.3 is 10.6 Å². The summed E-state index contributed by atoms with van der Waals surface area (Å²) < 4.78 is 0. The molecule has 0 aliphatic carbocycles. The van der Waals surface area contributed by atoms with Crippen molar-refractivity contribution in [2.75, 3.05) is 26.7 Å². The van der Waals surface area contributed by atoms with Crippen LogP contribution in [0, 0.1) is 0 Å². The fraction of sp³-hybridized carbons (Fsp3) is 0.500. The molecule has 2 heterocycles. The number of likely N-dealkylation sites (N-methyl/N-ethyl adjacent to an activating group) is 1. The zero-order chi connectivity index (χ0) is 12.3. The summed E-state index contributed by atoms with van der Waals surface area (Å²) in [5, 5.41) is 0. The van der Waals surface area contributed by atoms with Gasteiger partial charge in [0, 0.05) is 45.6 Å². The van der Waals surface area contributed by atoms with Gasteiger partial charge in [-0.15, -0.1) is 0 Å². The number of nitrogens with zero attached hydrogens (tertiary/aromatic N) is 3. The Bertz CT molecular complexity index is 381. The number of hydrogen-bond donors (Lipinski definition) is 1. The fourth-order valence-corrected chi connectivity index (χ4v) is 2.12. The van der Waals surface area contributed by atoms with Gasteiger partial charge in [-0.2, -0.15) is 0 Å². The lowest BCUT2D eigenvalue weighted by molar-refractivity contribution is -0.140. The highest BCUT2D eigenvalue weighted by Crippen LogP contribution is 2.13. The van der Waals surface area contributed by atoms with Crippen molar-refractivity contribution in [3.63, 3.8) is 0 Å². The summed E-state index contributed by atoms with van der Waals surface area (Å²) in [6.45, 7) is 2.72. The molecule has 1 unspecified atom stereocenters. The average molecular weight is 234 g/mol. The second-order valence-electron chi connectivity index (χ2n) is 4.34. The number of carbonyl (C=O) groups excluding carboxylic acids is 1. The summed E-state index contributed by atoms with van der Waals surface area (Å²) >= 11 is 0. The Morgan fingerprint density at radius 1 is 1.53 bits per heavy atom. The molecule has 1 aliphatic rings. The van der Waals surface area contributed by atoms with Crippen molar-refractivity contribution in [3.05, 3.63) is 30.1 Å². The van der Waals surface area contributed by atoms with Gasteiger partial charge >= 0.3 is 0 Å². The van der Waals surface area contributed by atoms with Crippen molar-refractivity contribution in [2.45, 2.75) is 12.6 Å². The molecule has 1 amide bonds. The first kappa shape index (κ1) is 12.0. The van der Waals surface area contributed by atoms with E-state index < -0.39 is 0 Å². The van der Waals surface area contributed by atoms with Crippen LogP contribution >= 0.6 is 0 Å². The molecule has 0 spiro atoms. The zero-order valence-corrected chi connectivity index (χ0v) is 10.0. The minimum atomic E-state index is -0.200. The molecule has 17 heavy (non-hydrogen) atoms. The quantitative estimate of drug-likeness (QED) is 0.779. The van der Waals surface area contributed by atoms with Gasteiger partial charge in [-0.3, -0.25) is 14.7 Å². The molecule has 1 saturated heterocycles. The monoisotopic (exact) mass is 234 g/mol. The van der Waals surface area contributed by atoms with Crippen molar-refractivity contribution in [2.24, 2.45) is 5.73 Å². The van der Waals surface area contributed by atoms with E-state index in [0.717, 1.165) is 25.2 Å². The zero-order valence-electron chi connectivity index (χ0n) is 10.0. The van der Waals surface area contributed by atoms with Gasteiger partial charge in [0.25, 0.3) is 0 Å². The first-order valence-corrected chi connectivity index (χ1v) is 5.80. The van der Waals surface area contributed by atoms with E-state index in [9.17, 15) is 4.79 Å². The molecule has 2 rings (SSSR count). The fourth-order valence-electron chi connectivity index (χ4n) is 2.12. The number of piperazine rings is 1.